The van der Waals surface area contributed by atoms with Crippen molar-refractivity contribution in [3.63, 3.8) is 0 Å². The van der Waals surface area contributed by atoms with E-state index in [0.717, 1.165) is 19.6 Å². The van der Waals surface area contributed by atoms with E-state index in [-0.39, 0.29) is 11.4 Å². The Bertz CT molecular complexity index is 208. The quantitative estimate of drug-likeness (QED) is 0.479. The van der Waals surface area contributed by atoms with Crippen LogP contribution in [0.15, 0.2) is 12.7 Å². The Labute approximate surface area is 93.1 Å². The topological polar surface area (TPSA) is 29.5 Å². The molecular formula is C12H23NO2. The highest BCUT2D eigenvalue weighted by Gasteiger charge is 2.22. The van der Waals surface area contributed by atoms with E-state index in [4.69, 9.17) is 4.74 Å². The highest BCUT2D eigenvalue weighted by Crippen LogP contribution is 2.17. The molecule has 0 aromatic carbocycles. The Morgan fingerprint density at radius 3 is 2.33 bits per heavy atom. The summed E-state index contributed by atoms with van der Waals surface area (Å²) < 4.78 is 5.06. The van der Waals surface area contributed by atoms with Crippen molar-refractivity contribution in [1.82, 2.24) is 4.90 Å². The average molecular weight is 213 g/mol. The summed E-state index contributed by atoms with van der Waals surface area (Å²) in [6.45, 7) is 15.3. The summed E-state index contributed by atoms with van der Waals surface area (Å²) in [5.74, 6) is -0.345. The van der Waals surface area contributed by atoms with Crippen LogP contribution in [-0.4, -0.2) is 37.1 Å². The zero-order chi connectivity index (χ0) is 11.9. The number of carbonyl (C=O) groups is 1. The van der Waals surface area contributed by atoms with Gasteiger partial charge >= 0.3 is 5.97 Å². The van der Waals surface area contributed by atoms with Crippen molar-refractivity contribution in [2.45, 2.75) is 27.7 Å². The van der Waals surface area contributed by atoms with Crippen LogP contribution < -0.4 is 0 Å². The number of hydrogen-bond acceptors (Lipinski definition) is 3. The molecule has 3 heteroatoms. The molecule has 0 aliphatic rings. The molecule has 0 aromatic heterocycles. The molecule has 0 amide bonds. The zero-order valence-electron chi connectivity index (χ0n) is 10.4. The van der Waals surface area contributed by atoms with E-state index in [0.29, 0.717) is 6.61 Å². The van der Waals surface area contributed by atoms with Crippen LogP contribution in [0.2, 0.25) is 0 Å². The number of ether oxygens (including phenoxy) is 1. The lowest BCUT2D eigenvalue weighted by atomic mass is 9.94. The van der Waals surface area contributed by atoms with Crippen LogP contribution in [0.1, 0.15) is 27.7 Å². The second-order valence-corrected chi connectivity index (χ2v) is 4.44. The van der Waals surface area contributed by atoms with Gasteiger partial charge in [0.25, 0.3) is 0 Å². The summed E-state index contributed by atoms with van der Waals surface area (Å²) in [6, 6.07) is 0. The number of carbonyl (C=O) groups excluding carboxylic acids is 1. The second kappa shape index (κ2) is 6.62. The smallest absolute Gasteiger partial charge is 0.330 e. The zero-order valence-corrected chi connectivity index (χ0v) is 10.4. The van der Waals surface area contributed by atoms with Crippen molar-refractivity contribution in [1.29, 1.82) is 0 Å². The average Bonchev–Trinajstić information content (AvgIpc) is 2.22. The third-order valence-corrected chi connectivity index (χ3v) is 2.32. The van der Waals surface area contributed by atoms with E-state index in [1.54, 1.807) is 0 Å². The summed E-state index contributed by atoms with van der Waals surface area (Å²) in [5.41, 5.74) is -0.00924. The van der Waals surface area contributed by atoms with Gasteiger partial charge in [-0.05, 0) is 13.1 Å². The van der Waals surface area contributed by atoms with Gasteiger partial charge in [0.15, 0.2) is 0 Å². The second-order valence-electron chi connectivity index (χ2n) is 4.44. The van der Waals surface area contributed by atoms with Crippen LogP contribution in [0.4, 0.5) is 0 Å². The Morgan fingerprint density at radius 2 is 1.93 bits per heavy atom. The first-order valence-corrected chi connectivity index (χ1v) is 5.46. The highest BCUT2D eigenvalue weighted by atomic mass is 16.5. The lowest BCUT2D eigenvalue weighted by Crippen LogP contribution is -2.37. The Balaban J connectivity index is 4.05. The molecule has 0 saturated heterocycles. The molecule has 0 bridgehead atoms. The van der Waals surface area contributed by atoms with Crippen molar-refractivity contribution in [2.75, 3.05) is 26.2 Å². The standard InChI is InChI=1S/C12H23NO2/c1-6-11(14)15-10-12(4,5)9-13(7-2)8-3/h6H,1,7-10H2,2-5H3. The van der Waals surface area contributed by atoms with Gasteiger partial charge in [-0.15, -0.1) is 0 Å². The fraction of sp³-hybridized carbons (Fsp3) is 0.750. The van der Waals surface area contributed by atoms with E-state index >= 15 is 0 Å². The highest BCUT2D eigenvalue weighted by molar-refractivity contribution is 5.81. The molecule has 0 heterocycles. The molecular weight excluding hydrogens is 190 g/mol. The van der Waals surface area contributed by atoms with Crippen LogP contribution in [0.5, 0.6) is 0 Å². The van der Waals surface area contributed by atoms with Gasteiger partial charge < -0.3 is 9.64 Å². The van der Waals surface area contributed by atoms with Crippen molar-refractivity contribution in [3.05, 3.63) is 12.7 Å². The summed E-state index contributed by atoms with van der Waals surface area (Å²) in [4.78, 5) is 13.3. The monoisotopic (exact) mass is 213 g/mol. The lowest BCUT2D eigenvalue weighted by molar-refractivity contribution is -0.141. The Morgan fingerprint density at radius 1 is 1.40 bits per heavy atom. The summed E-state index contributed by atoms with van der Waals surface area (Å²) in [5, 5.41) is 0. The maximum Gasteiger partial charge on any atom is 0.330 e. The van der Waals surface area contributed by atoms with Gasteiger partial charge in [0.1, 0.15) is 0 Å². The van der Waals surface area contributed by atoms with Crippen LogP contribution >= 0.6 is 0 Å². The maximum absolute atomic E-state index is 10.9. The Kier molecular flexibility index (Phi) is 6.25. The first kappa shape index (κ1) is 14.2. The fourth-order valence-electron chi connectivity index (χ4n) is 1.42. The van der Waals surface area contributed by atoms with E-state index in [1.807, 2.05) is 0 Å². The molecule has 0 atom stereocenters. The summed E-state index contributed by atoms with van der Waals surface area (Å²) in [7, 11) is 0. The third kappa shape index (κ3) is 6.28. The largest absolute Gasteiger partial charge is 0.462 e. The van der Waals surface area contributed by atoms with Crippen LogP contribution in [0.25, 0.3) is 0 Å². The molecule has 88 valence electrons. The molecule has 0 N–H and O–H groups in total. The van der Waals surface area contributed by atoms with E-state index < -0.39 is 0 Å². The summed E-state index contributed by atoms with van der Waals surface area (Å²) in [6.07, 6.45) is 1.20. The molecule has 0 aliphatic carbocycles. The SMILES string of the molecule is C=CC(=O)OCC(C)(C)CN(CC)CC. The molecule has 0 aromatic rings. The van der Waals surface area contributed by atoms with Crippen LogP contribution in [-0.2, 0) is 9.53 Å². The van der Waals surface area contributed by atoms with Gasteiger partial charge in [0.05, 0.1) is 6.61 Å². The predicted octanol–water partition coefficient (Wildman–Crippen LogP) is 2.08. The van der Waals surface area contributed by atoms with Crippen LogP contribution in [0, 0.1) is 5.41 Å². The van der Waals surface area contributed by atoms with Crippen molar-refractivity contribution in [2.24, 2.45) is 5.41 Å². The molecule has 0 radical (unpaired) electrons. The number of nitrogens with zero attached hydrogens (tertiary/aromatic N) is 1. The number of rotatable bonds is 7. The normalized spacial score (nSPS) is 11.5. The van der Waals surface area contributed by atoms with Gasteiger partial charge in [-0.3, -0.25) is 0 Å². The molecule has 0 saturated carbocycles. The lowest BCUT2D eigenvalue weighted by Gasteiger charge is -2.30. The molecule has 0 fully saturated rings. The van der Waals surface area contributed by atoms with Gasteiger partial charge in [0, 0.05) is 18.0 Å². The molecule has 0 aliphatic heterocycles. The van der Waals surface area contributed by atoms with Crippen LogP contribution in [0.3, 0.4) is 0 Å². The van der Waals surface area contributed by atoms with Gasteiger partial charge in [-0.1, -0.05) is 34.3 Å². The first-order chi connectivity index (χ1) is 6.95. The van der Waals surface area contributed by atoms with Gasteiger partial charge in [-0.2, -0.15) is 0 Å². The Hall–Kier alpha value is -0.830. The van der Waals surface area contributed by atoms with Gasteiger partial charge in [-0.25, -0.2) is 4.79 Å². The molecule has 3 nitrogen and oxygen atoms in total. The third-order valence-electron chi connectivity index (χ3n) is 2.32. The number of hydrogen-bond donors (Lipinski definition) is 0. The minimum Gasteiger partial charge on any atom is -0.462 e. The van der Waals surface area contributed by atoms with Gasteiger partial charge in [0.2, 0.25) is 0 Å². The fourth-order valence-corrected chi connectivity index (χ4v) is 1.42. The molecule has 0 unspecified atom stereocenters. The van der Waals surface area contributed by atoms with E-state index in [2.05, 4.69) is 39.2 Å². The number of esters is 1. The van der Waals surface area contributed by atoms with E-state index in [1.165, 1.54) is 6.08 Å². The summed E-state index contributed by atoms with van der Waals surface area (Å²) >= 11 is 0. The van der Waals surface area contributed by atoms with Crippen molar-refractivity contribution in [3.8, 4) is 0 Å². The van der Waals surface area contributed by atoms with Crippen molar-refractivity contribution < 1.29 is 9.53 Å². The van der Waals surface area contributed by atoms with Crippen molar-refractivity contribution >= 4 is 5.97 Å². The minimum absolute atomic E-state index is 0.00924. The van der Waals surface area contributed by atoms with E-state index in [9.17, 15) is 4.79 Å². The molecule has 15 heavy (non-hydrogen) atoms. The maximum atomic E-state index is 10.9. The first-order valence-electron chi connectivity index (χ1n) is 5.46. The minimum atomic E-state index is -0.345. The predicted molar refractivity (Wildman–Crippen MR) is 62.7 cm³/mol. The molecule has 0 spiro atoms. The molecule has 0 rings (SSSR count).